The van der Waals surface area contributed by atoms with Gasteiger partial charge in [0.1, 0.15) is 0 Å². The first kappa shape index (κ1) is 15.5. The van der Waals surface area contributed by atoms with E-state index in [1.807, 2.05) is 18.3 Å². The predicted molar refractivity (Wildman–Crippen MR) is 89.5 cm³/mol. The fourth-order valence-electron chi connectivity index (χ4n) is 2.79. The van der Waals surface area contributed by atoms with Gasteiger partial charge in [-0.05, 0) is 51.7 Å². The molecule has 22 heavy (non-hydrogen) atoms. The summed E-state index contributed by atoms with van der Waals surface area (Å²) in [6.07, 6.45) is 9.31. The van der Waals surface area contributed by atoms with Crippen LogP contribution in [0.15, 0.2) is 48.1 Å². The van der Waals surface area contributed by atoms with Gasteiger partial charge in [-0.3, -0.25) is 4.98 Å². The second kappa shape index (κ2) is 5.07. The molecule has 0 N–H and O–H groups in total. The van der Waals surface area contributed by atoms with E-state index in [4.69, 9.17) is 9.31 Å². The molecular weight excluding hydrogens is 273 g/mol. The van der Waals surface area contributed by atoms with Gasteiger partial charge < -0.3 is 9.31 Å². The topological polar surface area (TPSA) is 31.4 Å². The highest BCUT2D eigenvalue weighted by atomic mass is 16.7. The van der Waals surface area contributed by atoms with Gasteiger partial charge in [-0.25, -0.2) is 0 Å². The second-order valence-corrected chi connectivity index (χ2v) is 7.46. The molecule has 3 nitrogen and oxygen atoms in total. The molecule has 1 aromatic rings. The molecule has 116 valence electrons. The Morgan fingerprint density at radius 2 is 1.73 bits per heavy atom. The van der Waals surface area contributed by atoms with Crippen LogP contribution in [0.25, 0.3) is 0 Å². The van der Waals surface area contributed by atoms with Crippen molar-refractivity contribution < 1.29 is 9.31 Å². The Morgan fingerprint density at radius 1 is 1.05 bits per heavy atom. The van der Waals surface area contributed by atoms with Gasteiger partial charge in [-0.2, -0.15) is 0 Å². The predicted octanol–water partition coefficient (Wildman–Crippen LogP) is 3.86. The summed E-state index contributed by atoms with van der Waals surface area (Å²) in [7, 11) is -0.283. The maximum Gasteiger partial charge on any atom is 0.494 e. The molecule has 2 heterocycles. The largest absolute Gasteiger partial charge is 0.494 e. The molecule has 1 unspecified atom stereocenters. The minimum Gasteiger partial charge on any atom is -0.399 e. The first-order valence-corrected chi connectivity index (χ1v) is 7.90. The third-order valence-corrected chi connectivity index (χ3v) is 5.18. The first-order chi connectivity index (χ1) is 10.2. The van der Waals surface area contributed by atoms with E-state index in [1.54, 1.807) is 0 Å². The van der Waals surface area contributed by atoms with E-state index >= 15 is 0 Å². The number of pyridine rings is 1. The van der Waals surface area contributed by atoms with Crippen LogP contribution in [0.1, 0.15) is 46.7 Å². The van der Waals surface area contributed by atoms with E-state index in [-0.39, 0.29) is 23.7 Å². The van der Waals surface area contributed by atoms with E-state index < -0.39 is 0 Å². The average Bonchev–Trinajstić information content (AvgIpc) is 2.69. The molecule has 2 aliphatic rings. The van der Waals surface area contributed by atoms with Crippen molar-refractivity contribution in [2.24, 2.45) is 0 Å². The van der Waals surface area contributed by atoms with Crippen LogP contribution in [-0.4, -0.2) is 23.3 Å². The zero-order chi connectivity index (χ0) is 16.0. The molecule has 1 atom stereocenters. The molecule has 4 heteroatoms. The molecule has 0 amide bonds. The molecule has 0 radical (unpaired) electrons. The van der Waals surface area contributed by atoms with Crippen molar-refractivity contribution in [3.05, 3.63) is 53.8 Å². The van der Waals surface area contributed by atoms with E-state index in [0.29, 0.717) is 0 Å². The first-order valence-electron chi connectivity index (χ1n) is 7.90. The van der Waals surface area contributed by atoms with Crippen molar-refractivity contribution in [1.82, 2.24) is 4.98 Å². The van der Waals surface area contributed by atoms with Crippen molar-refractivity contribution in [3.8, 4) is 0 Å². The van der Waals surface area contributed by atoms with Crippen LogP contribution < -0.4 is 0 Å². The normalized spacial score (nSPS) is 29.5. The van der Waals surface area contributed by atoms with Crippen molar-refractivity contribution in [2.75, 3.05) is 0 Å². The lowest BCUT2D eigenvalue weighted by Crippen LogP contribution is -2.41. The summed E-state index contributed by atoms with van der Waals surface area (Å²) in [5, 5.41) is 0. The highest BCUT2D eigenvalue weighted by Gasteiger charge is 2.52. The van der Waals surface area contributed by atoms with Gasteiger partial charge in [-0.15, -0.1) is 0 Å². The maximum absolute atomic E-state index is 6.12. The van der Waals surface area contributed by atoms with Crippen molar-refractivity contribution in [3.63, 3.8) is 0 Å². The molecule has 1 fully saturated rings. The molecule has 3 rings (SSSR count). The minimum absolute atomic E-state index is 0.0611. The number of hydrogen-bond acceptors (Lipinski definition) is 3. The number of rotatable bonds is 2. The average molecular weight is 297 g/mol. The summed E-state index contributed by atoms with van der Waals surface area (Å²) in [6, 6.07) is 6.07. The van der Waals surface area contributed by atoms with Crippen LogP contribution in [0.4, 0.5) is 0 Å². The lowest BCUT2D eigenvalue weighted by Gasteiger charge is -2.32. The minimum atomic E-state index is -0.298. The Labute approximate surface area is 133 Å². The zero-order valence-corrected chi connectivity index (χ0v) is 14.1. The fraction of sp³-hybridized carbons (Fsp3) is 0.500. The van der Waals surface area contributed by atoms with Crippen LogP contribution in [0.2, 0.25) is 0 Å². The van der Waals surface area contributed by atoms with Crippen LogP contribution in [-0.2, 0) is 14.7 Å². The number of aromatic nitrogens is 1. The molecular formula is C18H24BNO2. The Kier molecular flexibility index (Phi) is 3.57. The number of nitrogens with zero attached hydrogens (tertiary/aromatic N) is 1. The smallest absolute Gasteiger partial charge is 0.399 e. The van der Waals surface area contributed by atoms with Gasteiger partial charge in [0.05, 0.1) is 16.9 Å². The van der Waals surface area contributed by atoms with E-state index in [0.717, 1.165) is 17.6 Å². The number of allylic oxidation sites excluding steroid dienone is 4. The standard InChI is InChI=1S/C18H24BNO2/c1-16(2)17(3,4)22-19(21-16)14-9-11-18(5,12-10-14)15-8-6-7-13-20-15/h6-11,13H,12H2,1-5H3. The summed E-state index contributed by atoms with van der Waals surface area (Å²) >= 11 is 0. The molecule has 1 aliphatic carbocycles. The van der Waals surface area contributed by atoms with E-state index in [9.17, 15) is 0 Å². The molecule has 1 aromatic heterocycles. The molecule has 0 bridgehead atoms. The molecule has 1 saturated heterocycles. The van der Waals surface area contributed by atoms with Gasteiger partial charge in [0.15, 0.2) is 0 Å². The third kappa shape index (κ3) is 2.55. The molecule has 0 saturated carbocycles. The van der Waals surface area contributed by atoms with Gasteiger partial charge in [0, 0.05) is 11.6 Å². The Hall–Kier alpha value is -1.39. The van der Waals surface area contributed by atoms with Crippen LogP contribution in [0.5, 0.6) is 0 Å². The lowest BCUT2D eigenvalue weighted by atomic mass is 9.70. The summed E-state index contributed by atoms with van der Waals surface area (Å²) in [5.74, 6) is 0. The summed E-state index contributed by atoms with van der Waals surface area (Å²) < 4.78 is 12.2. The Bertz CT molecular complexity index is 605. The molecule has 0 aromatic carbocycles. The van der Waals surface area contributed by atoms with Crippen LogP contribution >= 0.6 is 0 Å². The van der Waals surface area contributed by atoms with Crippen molar-refractivity contribution in [2.45, 2.75) is 57.7 Å². The Balaban J connectivity index is 1.78. The number of hydrogen-bond donors (Lipinski definition) is 0. The highest BCUT2D eigenvalue weighted by molar-refractivity contribution is 6.55. The lowest BCUT2D eigenvalue weighted by molar-refractivity contribution is 0.00578. The van der Waals surface area contributed by atoms with Gasteiger partial charge >= 0.3 is 7.12 Å². The Morgan fingerprint density at radius 3 is 2.23 bits per heavy atom. The summed E-state index contributed by atoms with van der Waals surface area (Å²) in [6.45, 7) is 10.5. The third-order valence-electron chi connectivity index (χ3n) is 5.18. The maximum atomic E-state index is 6.12. The van der Waals surface area contributed by atoms with Gasteiger partial charge in [0.25, 0.3) is 0 Å². The molecule has 0 spiro atoms. The summed E-state index contributed by atoms with van der Waals surface area (Å²) in [4.78, 5) is 4.50. The van der Waals surface area contributed by atoms with Crippen molar-refractivity contribution in [1.29, 1.82) is 0 Å². The van der Waals surface area contributed by atoms with Gasteiger partial charge in [-0.1, -0.05) is 31.2 Å². The summed E-state index contributed by atoms with van der Waals surface area (Å²) in [5.41, 5.74) is 1.54. The van der Waals surface area contributed by atoms with Crippen LogP contribution in [0.3, 0.4) is 0 Å². The van der Waals surface area contributed by atoms with Crippen LogP contribution in [0, 0.1) is 0 Å². The van der Waals surface area contributed by atoms with E-state index in [2.05, 4.69) is 63.9 Å². The zero-order valence-electron chi connectivity index (χ0n) is 14.1. The molecule has 1 aliphatic heterocycles. The fourth-order valence-corrected chi connectivity index (χ4v) is 2.79. The van der Waals surface area contributed by atoms with Gasteiger partial charge in [0.2, 0.25) is 0 Å². The SMILES string of the molecule is CC1(c2ccccn2)C=CC(B2OC(C)(C)C(C)(C)O2)=CC1. The van der Waals surface area contributed by atoms with E-state index in [1.165, 1.54) is 0 Å². The highest BCUT2D eigenvalue weighted by Crippen LogP contribution is 2.40. The quantitative estimate of drug-likeness (QED) is 0.777. The van der Waals surface area contributed by atoms with Crippen molar-refractivity contribution >= 4 is 7.12 Å². The second-order valence-electron chi connectivity index (χ2n) is 7.46. The monoisotopic (exact) mass is 297 g/mol.